The number of aromatic nitrogens is 3. The van der Waals surface area contributed by atoms with Crippen LogP contribution in [0.5, 0.6) is 0 Å². The lowest BCUT2D eigenvalue weighted by Gasteiger charge is -2.04. The highest BCUT2D eigenvalue weighted by atomic mass is 35.5. The van der Waals surface area contributed by atoms with Crippen LogP contribution in [0.4, 0.5) is 0 Å². The van der Waals surface area contributed by atoms with Crippen LogP contribution in [0.25, 0.3) is 5.78 Å². The third-order valence-electron chi connectivity index (χ3n) is 4.46. The fourth-order valence-corrected chi connectivity index (χ4v) is 3.31. The van der Waals surface area contributed by atoms with Gasteiger partial charge in [0.05, 0.1) is 22.3 Å². The Kier molecular flexibility index (Phi) is 4.13. The number of amides is 1. The standard InChI is InChI=1S/C18H16Cl2N4O/c1-10-4-5-24-9-12(23-18(24)22-10)8-21-17(25)14-7-13(14)11-2-3-15(19)16(20)6-11/h2-6,9,13-14H,7-8H2,1H3,(H,21,25)/t13-,14-/m1/s1. The molecule has 1 aliphatic rings. The quantitative estimate of drug-likeness (QED) is 0.755. The van der Waals surface area contributed by atoms with Crippen LogP contribution in [0.15, 0.2) is 36.7 Å². The van der Waals surface area contributed by atoms with Gasteiger partial charge >= 0.3 is 0 Å². The molecule has 0 unspecified atom stereocenters. The molecule has 0 bridgehead atoms. The predicted octanol–water partition coefficient (Wildman–Crippen LogP) is 3.76. The van der Waals surface area contributed by atoms with E-state index in [4.69, 9.17) is 23.2 Å². The van der Waals surface area contributed by atoms with Gasteiger partial charge in [0.1, 0.15) is 0 Å². The van der Waals surface area contributed by atoms with Crippen LogP contribution in [0.3, 0.4) is 0 Å². The van der Waals surface area contributed by atoms with Gasteiger partial charge in [-0.2, -0.15) is 0 Å². The van der Waals surface area contributed by atoms with E-state index in [1.54, 1.807) is 6.07 Å². The fourth-order valence-electron chi connectivity index (χ4n) is 3.00. The van der Waals surface area contributed by atoms with E-state index in [0.717, 1.165) is 23.4 Å². The minimum Gasteiger partial charge on any atom is -0.350 e. The number of hydrogen-bond acceptors (Lipinski definition) is 3. The number of rotatable bonds is 4. The number of nitrogens with zero attached hydrogens (tertiary/aromatic N) is 3. The maximum atomic E-state index is 12.4. The van der Waals surface area contributed by atoms with Crippen LogP contribution in [0, 0.1) is 12.8 Å². The molecule has 0 saturated heterocycles. The molecular weight excluding hydrogens is 359 g/mol. The molecule has 1 aliphatic carbocycles. The van der Waals surface area contributed by atoms with E-state index >= 15 is 0 Å². The van der Waals surface area contributed by atoms with E-state index in [2.05, 4.69) is 15.3 Å². The van der Waals surface area contributed by atoms with E-state index in [-0.39, 0.29) is 17.7 Å². The van der Waals surface area contributed by atoms with Crippen molar-refractivity contribution >= 4 is 34.9 Å². The number of benzene rings is 1. The number of hydrogen-bond donors (Lipinski definition) is 1. The Bertz CT molecular complexity index is 969. The van der Waals surface area contributed by atoms with Crippen molar-refractivity contribution in [2.45, 2.75) is 25.8 Å². The van der Waals surface area contributed by atoms with E-state index in [0.29, 0.717) is 22.4 Å². The maximum Gasteiger partial charge on any atom is 0.234 e. The van der Waals surface area contributed by atoms with Crippen molar-refractivity contribution in [1.82, 2.24) is 19.7 Å². The summed E-state index contributed by atoms with van der Waals surface area (Å²) >= 11 is 12.0. The first-order valence-corrected chi connectivity index (χ1v) is 8.81. The number of nitrogens with one attached hydrogen (secondary N) is 1. The third kappa shape index (κ3) is 3.34. The first-order valence-electron chi connectivity index (χ1n) is 8.05. The van der Waals surface area contributed by atoms with Crippen LogP contribution < -0.4 is 5.32 Å². The maximum absolute atomic E-state index is 12.4. The molecular formula is C18H16Cl2N4O. The third-order valence-corrected chi connectivity index (χ3v) is 5.20. The Hall–Kier alpha value is -2.11. The highest BCUT2D eigenvalue weighted by Gasteiger charge is 2.43. The number of halogens is 2. The minimum atomic E-state index is -0.0188. The summed E-state index contributed by atoms with van der Waals surface area (Å²) in [5, 5.41) is 4.02. The first-order chi connectivity index (χ1) is 12.0. The Morgan fingerprint density at radius 2 is 2.12 bits per heavy atom. The van der Waals surface area contributed by atoms with Crippen LogP contribution in [-0.2, 0) is 11.3 Å². The van der Waals surface area contributed by atoms with E-state index in [9.17, 15) is 4.79 Å². The van der Waals surface area contributed by atoms with E-state index in [1.807, 2.05) is 41.9 Å². The van der Waals surface area contributed by atoms with Gasteiger partial charge in [0.2, 0.25) is 11.7 Å². The molecule has 3 aromatic rings. The number of aryl methyl sites for hydroxylation is 1. The van der Waals surface area contributed by atoms with Gasteiger partial charge in [-0.1, -0.05) is 29.3 Å². The van der Waals surface area contributed by atoms with Crippen molar-refractivity contribution in [3.63, 3.8) is 0 Å². The van der Waals surface area contributed by atoms with Crippen molar-refractivity contribution in [3.05, 3.63) is 63.7 Å². The zero-order valence-corrected chi connectivity index (χ0v) is 15.1. The summed E-state index contributed by atoms with van der Waals surface area (Å²) in [6.45, 7) is 2.32. The average molecular weight is 375 g/mol. The Morgan fingerprint density at radius 3 is 2.92 bits per heavy atom. The SMILES string of the molecule is Cc1ccn2cc(CNC(=O)[C@@H]3C[C@@H]3c3ccc(Cl)c(Cl)c3)nc2n1. The van der Waals surface area contributed by atoms with Gasteiger partial charge in [-0.25, -0.2) is 9.97 Å². The zero-order valence-electron chi connectivity index (χ0n) is 13.5. The molecule has 0 aliphatic heterocycles. The highest BCUT2D eigenvalue weighted by Crippen LogP contribution is 2.48. The Morgan fingerprint density at radius 1 is 1.28 bits per heavy atom. The van der Waals surface area contributed by atoms with Gasteiger partial charge in [-0.3, -0.25) is 9.20 Å². The monoisotopic (exact) mass is 374 g/mol. The van der Waals surface area contributed by atoms with Crippen molar-refractivity contribution < 1.29 is 4.79 Å². The molecule has 2 aromatic heterocycles. The normalized spacial score (nSPS) is 19.2. The van der Waals surface area contributed by atoms with E-state index in [1.165, 1.54) is 0 Å². The van der Waals surface area contributed by atoms with Gasteiger partial charge < -0.3 is 5.32 Å². The highest BCUT2D eigenvalue weighted by molar-refractivity contribution is 6.42. The molecule has 4 rings (SSSR count). The largest absolute Gasteiger partial charge is 0.350 e. The van der Waals surface area contributed by atoms with Crippen molar-refractivity contribution in [2.75, 3.05) is 0 Å². The molecule has 2 atom stereocenters. The van der Waals surface area contributed by atoms with Gasteiger partial charge in [-0.15, -0.1) is 0 Å². The topological polar surface area (TPSA) is 59.3 Å². The first kappa shape index (κ1) is 16.4. The summed E-state index contributed by atoms with van der Waals surface area (Å²) in [7, 11) is 0. The van der Waals surface area contributed by atoms with Crippen molar-refractivity contribution in [3.8, 4) is 0 Å². The molecule has 128 valence electrons. The smallest absolute Gasteiger partial charge is 0.234 e. The molecule has 5 nitrogen and oxygen atoms in total. The van der Waals surface area contributed by atoms with Crippen LogP contribution in [0.1, 0.15) is 29.3 Å². The average Bonchev–Trinajstić information content (AvgIpc) is 3.28. The van der Waals surface area contributed by atoms with E-state index < -0.39 is 0 Å². The summed E-state index contributed by atoms with van der Waals surface area (Å²) in [5.41, 5.74) is 2.76. The van der Waals surface area contributed by atoms with Crippen LogP contribution in [-0.4, -0.2) is 20.3 Å². The Balaban J connectivity index is 1.38. The molecule has 1 aromatic carbocycles. The molecule has 1 N–H and O–H groups in total. The lowest BCUT2D eigenvalue weighted by atomic mass is 10.1. The molecule has 7 heteroatoms. The van der Waals surface area contributed by atoms with Crippen LogP contribution in [0.2, 0.25) is 10.0 Å². The summed E-state index contributed by atoms with van der Waals surface area (Å²) in [6.07, 6.45) is 4.62. The fraction of sp³-hybridized carbons (Fsp3) is 0.278. The summed E-state index contributed by atoms with van der Waals surface area (Å²) < 4.78 is 1.85. The molecule has 1 fully saturated rings. The second kappa shape index (κ2) is 6.32. The van der Waals surface area contributed by atoms with Crippen molar-refractivity contribution in [2.24, 2.45) is 5.92 Å². The summed E-state index contributed by atoms with van der Waals surface area (Å²) in [4.78, 5) is 21.1. The number of fused-ring (bicyclic) bond motifs is 1. The molecule has 0 radical (unpaired) electrons. The van der Waals surface area contributed by atoms with Gasteiger partial charge in [0, 0.05) is 24.0 Å². The lowest BCUT2D eigenvalue weighted by Crippen LogP contribution is -2.25. The zero-order chi connectivity index (χ0) is 17.6. The molecule has 2 heterocycles. The number of imidazole rings is 1. The second-order valence-corrected chi connectivity index (χ2v) is 7.16. The molecule has 0 spiro atoms. The predicted molar refractivity (Wildman–Crippen MR) is 96.9 cm³/mol. The van der Waals surface area contributed by atoms with Gasteiger partial charge in [0.15, 0.2) is 0 Å². The minimum absolute atomic E-state index is 0.0188. The second-order valence-electron chi connectivity index (χ2n) is 6.35. The van der Waals surface area contributed by atoms with Crippen molar-refractivity contribution in [1.29, 1.82) is 0 Å². The molecule has 1 saturated carbocycles. The number of carbonyl (C=O) groups is 1. The summed E-state index contributed by atoms with van der Waals surface area (Å²) in [6, 6.07) is 7.47. The Labute approximate surface area is 155 Å². The van der Waals surface area contributed by atoms with Gasteiger partial charge in [-0.05, 0) is 43.0 Å². The molecule has 1 amide bonds. The summed E-state index contributed by atoms with van der Waals surface area (Å²) in [5.74, 6) is 0.872. The number of carbonyl (C=O) groups excluding carboxylic acids is 1. The molecule has 25 heavy (non-hydrogen) atoms. The van der Waals surface area contributed by atoms with Gasteiger partial charge in [0.25, 0.3) is 0 Å². The van der Waals surface area contributed by atoms with Crippen LogP contribution >= 0.6 is 23.2 Å². The lowest BCUT2D eigenvalue weighted by molar-refractivity contribution is -0.122.